The molecular weight excluding hydrogens is 426 g/mol. The summed E-state index contributed by atoms with van der Waals surface area (Å²) in [5, 5.41) is 5.59. The Balaban J connectivity index is 1.87. The van der Waals surface area contributed by atoms with Crippen LogP contribution in [0.1, 0.15) is 18.1 Å². The second kappa shape index (κ2) is 14.9. The lowest BCUT2D eigenvalue weighted by atomic mass is 10.1. The minimum atomic E-state index is -1.17. The number of benzene rings is 2. The number of methoxy groups -OCH3 is 1. The molecule has 2 rings (SSSR count). The molecule has 33 heavy (non-hydrogen) atoms. The number of hydroxylamine groups is 1. The fourth-order valence-corrected chi connectivity index (χ4v) is 2.93. The Morgan fingerprint density at radius 2 is 1.45 bits per heavy atom. The van der Waals surface area contributed by atoms with Crippen LogP contribution in [0.5, 0.6) is 0 Å². The first-order chi connectivity index (χ1) is 16.0. The average Bonchev–Trinajstić information content (AvgIpc) is 2.84. The Kier molecular flexibility index (Phi) is 11.8. The third kappa shape index (κ3) is 9.50. The zero-order valence-electron chi connectivity index (χ0n) is 18.9. The van der Waals surface area contributed by atoms with E-state index < -0.39 is 29.7 Å². The SMILES string of the molecule is CCNC(COCc1ccccc1)C(=O)NC(COC)C(=O)C(=O)NOCc1ccccc1. The number of Topliss-reactive ketones (excluding diaryl/α,β-unsaturated/α-hetero) is 1. The van der Waals surface area contributed by atoms with Gasteiger partial charge in [0.1, 0.15) is 12.1 Å². The summed E-state index contributed by atoms with van der Waals surface area (Å²) in [4.78, 5) is 42.6. The lowest BCUT2D eigenvalue weighted by Gasteiger charge is -2.22. The summed E-state index contributed by atoms with van der Waals surface area (Å²) in [6.45, 7) is 2.74. The molecule has 3 N–H and O–H groups in total. The topological polar surface area (TPSA) is 115 Å². The molecule has 0 radical (unpaired) electrons. The summed E-state index contributed by atoms with van der Waals surface area (Å²) >= 11 is 0. The van der Waals surface area contributed by atoms with E-state index in [1.165, 1.54) is 7.11 Å². The lowest BCUT2D eigenvalue weighted by Crippen LogP contribution is -2.55. The minimum absolute atomic E-state index is 0.0921. The van der Waals surface area contributed by atoms with Crippen molar-refractivity contribution in [3.8, 4) is 0 Å². The van der Waals surface area contributed by atoms with Gasteiger partial charge in [-0.05, 0) is 17.7 Å². The first-order valence-electron chi connectivity index (χ1n) is 10.7. The highest BCUT2D eigenvalue weighted by atomic mass is 16.7. The van der Waals surface area contributed by atoms with E-state index in [9.17, 15) is 14.4 Å². The van der Waals surface area contributed by atoms with Crippen molar-refractivity contribution >= 4 is 17.6 Å². The molecule has 0 spiro atoms. The van der Waals surface area contributed by atoms with Crippen molar-refractivity contribution in [1.82, 2.24) is 16.1 Å². The largest absolute Gasteiger partial charge is 0.382 e. The molecule has 9 heteroatoms. The van der Waals surface area contributed by atoms with E-state index in [2.05, 4.69) is 16.1 Å². The number of hydrogen-bond acceptors (Lipinski definition) is 7. The van der Waals surface area contributed by atoms with Crippen LogP contribution in [0, 0.1) is 0 Å². The molecule has 0 saturated carbocycles. The van der Waals surface area contributed by atoms with E-state index in [-0.39, 0.29) is 19.8 Å². The molecule has 2 unspecified atom stereocenters. The molecule has 2 amide bonds. The van der Waals surface area contributed by atoms with Crippen LogP contribution in [0.2, 0.25) is 0 Å². The molecule has 0 aliphatic carbocycles. The van der Waals surface area contributed by atoms with Gasteiger partial charge in [0.25, 0.3) is 0 Å². The maximum Gasteiger partial charge on any atom is 0.313 e. The third-order valence-electron chi connectivity index (χ3n) is 4.60. The molecule has 0 fully saturated rings. The van der Waals surface area contributed by atoms with Crippen molar-refractivity contribution in [1.29, 1.82) is 0 Å². The van der Waals surface area contributed by atoms with Gasteiger partial charge in [0.15, 0.2) is 0 Å². The van der Waals surface area contributed by atoms with Gasteiger partial charge < -0.3 is 20.1 Å². The van der Waals surface area contributed by atoms with E-state index in [0.717, 1.165) is 11.1 Å². The standard InChI is InChI=1S/C24H31N3O6/c1-3-25-21(17-32-14-18-10-6-4-7-11-18)23(29)26-20(16-31-2)22(28)24(30)27-33-15-19-12-8-5-9-13-19/h4-13,20-21,25H,3,14-17H2,1-2H3,(H,26,29)(H,27,30). The van der Waals surface area contributed by atoms with Crippen molar-refractivity contribution in [2.75, 3.05) is 26.9 Å². The van der Waals surface area contributed by atoms with E-state index in [1.54, 1.807) is 0 Å². The second-order valence-corrected chi connectivity index (χ2v) is 7.20. The summed E-state index contributed by atoms with van der Waals surface area (Å²) in [7, 11) is 1.38. The van der Waals surface area contributed by atoms with Crippen LogP contribution in [0.4, 0.5) is 0 Å². The monoisotopic (exact) mass is 457 g/mol. The fraction of sp³-hybridized carbons (Fsp3) is 0.375. The van der Waals surface area contributed by atoms with E-state index in [4.69, 9.17) is 14.3 Å². The first kappa shape index (κ1) is 26.1. The van der Waals surface area contributed by atoms with Crippen LogP contribution in [0.3, 0.4) is 0 Å². The zero-order chi connectivity index (χ0) is 23.9. The van der Waals surface area contributed by atoms with Crippen molar-refractivity contribution in [3.05, 3.63) is 71.8 Å². The Bertz CT molecular complexity index is 863. The highest BCUT2D eigenvalue weighted by Gasteiger charge is 2.29. The van der Waals surface area contributed by atoms with Crippen LogP contribution < -0.4 is 16.1 Å². The highest BCUT2D eigenvalue weighted by Crippen LogP contribution is 2.02. The van der Waals surface area contributed by atoms with Crippen molar-refractivity contribution in [2.24, 2.45) is 0 Å². The summed E-state index contributed by atoms with van der Waals surface area (Å²) in [5.41, 5.74) is 3.92. The van der Waals surface area contributed by atoms with Gasteiger partial charge in [-0.25, -0.2) is 5.48 Å². The Morgan fingerprint density at radius 1 is 0.848 bits per heavy atom. The number of carbonyl (C=O) groups is 3. The molecule has 0 bridgehead atoms. The van der Waals surface area contributed by atoms with Crippen LogP contribution in [-0.4, -0.2) is 56.5 Å². The number of hydrogen-bond donors (Lipinski definition) is 3. The van der Waals surface area contributed by atoms with Crippen molar-refractivity contribution < 1.29 is 28.7 Å². The number of ketones is 1. The van der Waals surface area contributed by atoms with Crippen molar-refractivity contribution in [2.45, 2.75) is 32.2 Å². The van der Waals surface area contributed by atoms with E-state index in [1.807, 2.05) is 67.6 Å². The van der Waals surface area contributed by atoms with Crippen LogP contribution >= 0.6 is 0 Å². The van der Waals surface area contributed by atoms with Crippen LogP contribution in [-0.2, 0) is 41.9 Å². The van der Waals surface area contributed by atoms with Gasteiger partial charge in [0, 0.05) is 7.11 Å². The smallest absolute Gasteiger partial charge is 0.313 e. The molecule has 2 aromatic rings. The molecule has 0 aromatic heterocycles. The van der Waals surface area contributed by atoms with Crippen LogP contribution in [0.25, 0.3) is 0 Å². The summed E-state index contributed by atoms with van der Waals surface area (Å²) in [6, 6.07) is 16.9. The van der Waals surface area contributed by atoms with Gasteiger partial charge in [0.05, 0.1) is 26.4 Å². The average molecular weight is 458 g/mol. The molecule has 0 saturated heterocycles. The van der Waals surface area contributed by atoms with Gasteiger partial charge in [0.2, 0.25) is 11.7 Å². The van der Waals surface area contributed by atoms with E-state index in [0.29, 0.717) is 13.2 Å². The van der Waals surface area contributed by atoms with Gasteiger partial charge in [-0.3, -0.25) is 19.2 Å². The molecule has 0 aliphatic heterocycles. The second-order valence-electron chi connectivity index (χ2n) is 7.20. The number of likely N-dealkylation sites (N-methyl/N-ethyl adjacent to an activating group) is 1. The third-order valence-corrected chi connectivity index (χ3v) is 4.60. The Morgan fingerprint density at radius 3 is 2.03 bits per heavy atom. The maximum atomic E-state index is 12.8. The predicted molar refractivity (Wildman–Crippen MR) is 122 cm³/mol. The fourth-order valence-electron chi connectivity index (χ4n) is 2.93. The highest BCUT2D eigenvalue weighted by molar-refractivity contribution is 6.38. The zero-order valence-corrected chi connectivity index (χ0v) is 18.9. The Hall–Kier alpha value is -3.11. The molecular formula is C24H31N3O6. The quantitative estimate of drug-likeness (QED) is 0.271. The van der Waals surface area contributed by atoms with Gasteiger partial charge >= 0.3 is 5.91 Å². The van der Waals surface area contributed by atoms with Crippen LogP contribution in [0.15, 0.2) is 60.7 Å². The number of amides is 2. The molecule has 2 aromatic carbocycles. The molecule has 2 atom stereocenters. The van der Waals surface area contributed by atoms with Gasteiger partial charge in [-0.1, -0.05) is 67.6 Å². The van der Waals surface area contributed by atoms with Gasteiger partial charge in [-0.2, -0.15) is 0 Å². The predicted octanol–water partition coefficient (Wildman–Crippen LogP) is 1.13. The molecule has 0 heterocycles. The summed E-state index contributed by atoms with van der Waals surface area (Å²) < 4.78 is 10.7. The molecule has 9 nitrogen and oxygen atoms in total. The first-order valence-corrected chi connectivity index (χ1v) is 10.7. The molecule has 178 valence electrons. The molecule has 0 aliphatic rings. The maximum absolute atomic E-state index is 12.8. The summed E-state index contributed by atoms with van der Waals surface area (Å²) in [5.74, 6) is -2.33. The normalized spacial score (nSPS) is 12.5. The summed E-state index contributed by atoms with van der Waals surface area (Å²) in [6.07, 6.45) is 0. The number of carbonyl (C=O) groups excluding carboxylic acids is 3. The van der Waals surface area contributed by atoms with Gasteiger partial charge in [-0.15, -0.1) is 0 Å². The number of ether oxygens (including phenoxy) is 2. The number of nitrogens with one attached hydrogen (secondary N) is 3. The number of rotatable bonds is 15. The van der Waals surface area contributed by atoms with Crippen molar-refractivity contribution in [3.63, 3.8) is 0 Å². The minimum Gasteiger partial charge on any atom is -0.382 e. The van der Waals surface area contributed by atoms with E-state index >= 15 is 0 Å². The lowest BCUT2D eigenvalue weighted by molar-refractivity contribution is -0.149. The Labute approximate surface area is 193 Å².